The molecule has 1 aromatic carbocycles. The molecule has 0 unspecified atom stereocenters. The summed E-state index contributed by atoms with van der Waals surface area (Å²) in [7, 11) is 0. The number of benzene rings is 1. The number of halogens is 1. The van der Waals surface area contributed by atoms with Crippen LogP contribution in [0.2, 0.25) is 5.02 Å². The summed E-state index contributed by atoms with van der Waals surface area (Å²) in [5.41, 5.74) is 5.09. The molecule has 0 radical (unpaired) electrons. The first-order valence-corrected chi connectivity index (χ1v) is 8.03. The van der Waals surface area contributed by atoms with Crippen LogP contribution in [0, 0.1) is 5.41 Å². The van der Waals surface area contributed by atoms with Gasteiger partial charge in [-0.1, -0.05) is 29.8 Å². The number of fused-ring (bicyclic) bond motifs is 2. The van der Waals surface area contributed by atoms with Crippen molar-refractivity contribution in [1.82, 2.24) is 5.32 Å². The minimum atomic E-state index is -0.939. The van der Waals surface area contributed by atoms with Crippen LogP contribution in [-0.2, 0) is 15.1 Å². The van der Waals surface area contributed by atoms with E-state index in [1.165, 1.54) is 0 Å². The zero-order valence-electron chi connectivity index (χ0n) is 12.6. The Balaban J connectivity index is 1.95. The quantitative estimate of drug-likeness (QED) is 0.578. The van der Waals surface area contributed by atoms with E-state index in [0.717, 1.165) is 12.0 Å². The van der Waals surface area contributed by atoms with E-state index in [9.17, 15) is 4.79 Å². The van der Waals surface area contributed by atoms with Crippen molar-refractivity contribution >= 4 is 29.2 Å². The van der Waals surface area contributed by atoms with Crippen molar-refractivity contribution in [2.45, 2.75) is 37.3 Å². The van der Waals surface area contributed by atoms with Crippen LogP contribution in [0.5, 0.6) is 0 Å². The number of hydrogen-bond acceptors (Lipinski definition) is 4. The van der Waals surface area contributed by atoms with Gasteiger partial charge >= 0.3 is 0 Å². The van der Waals surface area contributed by atoms with Crippen LogP contribution in [-0.4, -0.2) is 30.3 Å². The third-order valence-corrected chi connectivity index (χ3v) is 4.60. The topological polar surface area (TPSA) is 101 Å². The summed E-state index contributed by atoms with van der Waals surface area (Å²) in [5, 5.41) is 10.5. The second kappa shape index (κ2) is 6.20. The van der Waals surface area contributed by atoms with E-state index in [1.54, 1.807) is 6.07 Å². The van der Waals surface area contributed by atoms with Gasteiger partial charge < -0.3 is 15.8 Å². The molecule has 1 aliphatic carbocycles. The molecule has 2 bridgehead atoms. The van der Waals surface area contributed by atoms with Gasteiger partial charge in [0.1, 0.15) is 0 Å². The number of carbonyl (C=O) groups is 1. The summed E-state index contributed by atoms with van der Waals surface area (Å²) >= 11 is 6.34. The molecule has 0 saturated heterocycles. The van der Waals surface area contributed by atoms with Gasteiger partial charge in [-0.15, -0.1) is 0 Å². The second-order valence-corrected chi connectivity index (χ2v) is 6.21. The second-order valence-electron chi connectivity index (χ2n) is 5.80. The Morgan fingerprint density at radius 3 is 3.04 bits per heavy atom. The Bertz CT molecular complexity index is 676. The number of ether oxygens (including phenoxy) is 1. The summed E-state index contributed by atoms with van der Waals surface area (Å²) in [6.45, 7) is 0.438. The van der Waals surface area contributed by atoms with E-state index in [1.807, 2.05) is 18.2 Å². The van der Waals surface area contributed by atoms with E-state index >= 15 is 0 Å². The molecule has 0 spiro atoms. The number of Topliss-reactive ketones (excluding diaryl/α,β-unsaturated/α-hetero) is 1. The highest BCUT2D eigenvalue weighted by Crippen LogP contribution is 2.44. The van der Waals surface area contributed by atoms with Gasteiger partial charge in [0.2, 0.25) is 5.78 Å². The Morgan fingerprint density at radius 1 is 1.52 bits per heavy atom. The van der Waals surface area contributed by atoms with Crippen molar-refractivity contribution in [1.29, 1.82) is 5.41 Å². The number of nitrogens with one attached hydrogen (secondary N) is 2. The summed E-state index contributed by atoms with van der Waals surface area (Å²) < 4.78 is 5.74. The molecule has 3 rings (SSSR count). The molecule has 7 heteroatoms. The Morgan fingerprint density at radius 2 is 2.30 bits per heavy atom. The van der Waals surface area contributed by atoms with E-state index in [0.29, 0.717) is 36.7 Å². The van der Waals surface area contributed by atoms with Gasteiger partial charge in [0.05, 0.1) is 0 Å². The van der Waals surface area contributed by atoms with Crippen LogP contribution >= 0.6 is 11.6 Å². The third-order valence-electron chi connectivity index (χ3n) is 4.27. The molecule has 2 atom stereocenters. The molecule has 122 valence electrons. The first-order chi connectivity index (χ1) is 11.0. The number of hydrogen-bond donors (Lipinski definition) is 3. The molecule has 1 aromatic rings. The first kappa shape index (κ1) is 15.8. The number of nitrogens with two attached hydrogens (primary N) is 1. The molecule has 23 heavy (non-hydrogen) atoms. The van der Waals surface area contributed by atoms with Gasteiger partial charge in [-0.2, -0.15) is 0 Å². The predicted octanol–water partition coefficient (Wildman–Crippen LogP) is 1.96. The number of ketones is 1. The van der Waals surface area contributed by atoms with Crippen LogP contribution in [0.1, 0.15) is 31.2 Å². The third kappa shape index (κ3) is 2.91. The zero-order valence-corrected chi connectivity index (χ0v) is 13.4. The lowest BCUT2D eigenvalue weighted by atomic mass is 9.74. The average Bonchev–Trinajstić information content (AvgIpc) is 2.49. The normalized spacial score (nSPS) is 26.2. The number of rotatable bonds is 4. The molecule has 1 saturated carbocycles. The van der Waals surface area contributed by atoms with Gasteiger partial charge in [0.15, 0.2) is 23.5 Å². The molecule has 1 fully saturated rings. The average molecular weight is 335 g/mol. The van der Waals surface area contributed by atoms with Gasteiger partial charge in [0.25, 0.3) is 0 Å². The summed E-state index contributed by atoms with van der Waals surface area (Å²) in [6, 6.07) is 7.36. The van der Waals surface area contributed by atoms with E-state index < -0.39 is 11.6 Å². The largest absolute Gasteiger partial charge is 0.470 e. The van der Waals surface area contributed by atoms with Crippen LogP contribution in [0.25, 0.3) is 0 Å². The van der Waals surface area contributed by atoms with Crippen LogP contribution in [0.3, 0.4) is 0 Å². The lowest BCUT2D eigenvalue weighted by Gasteiger charge is -2.41. The van der Waals surface area contributed by atoms with Crippen LogP contribution in [0.4, 0.5) is 0 Å². The molecular weight excluding hydrogens is 316 g/mol. The number of nitrogens with zero attached hydrogens (tertiary/aromatic N) is 1. The summed E-state index contributed by atoms with van der Waals surface area (Å²) in [4.78, 5) is 17.5. The van der Waals surface area contributed by atoms with E-state index in [2.05, 4.69) is 10.3 Å². The van der Waals surface area contributed by atoms with Gasteiger partial charge in [-0.05, 0) is 25.3 Å². The van der Waals surface area contributed by atoms with E-state index in [4.69, 9.17) is 27.5 Å². The fourth-order valence-corrected chi connectivity index (χ4v) is 3.53. The van der Waals surface area contributed by atoms with Gasteiger partial charge in [-0.3, -0.25) is 10.2 Å². The molecule has 6 nitrogen and oxygen atoms in total. The molecule has 1 aliphatic heterocycles. The van der Waals surface area contributed by atoms with Crippen molar-refractivity contribution in [2.75, 3.05) is 6.54 Å². The molecular formula is C16H19ClN4O2. The number of guanidine groups is 1. The Labute approximate surface area is 139 Å². The van der Waals surface area contributed by atoms with E-state index in [-0.39, 0.29) is 11.7 Å². The standard InChI is InChI=1S/C16H19ClN4O2/c17-11-5-2-1-4-10(11)16-8-3-6-12(14(16)22)23-13(21-16)7-9-20-15(18)19/h1-2,4-5,12H,3,6-9H2,(H4,18,19,20)/t12-,16-/m0/s1. The van der Waals surface area contributed by atoms with Crippen molar-refractivity contribution in [2.24, 2.45) is 10.7 Å². The number of aliphatic imine (C=N–C) groups is 1. The van der Waals surface area contributed by atoms with Crippen LogP contribution < -0.4 is 11.1 Å². The molecule has 2 aliphatic rings. The number of carbonyl (C=O) groups excluding carboxylic acids is 1. The smallest absolute Gasteiger partial charge is 0.205 e. The van der Waals surface area contributed by atoms with Crippen molar-refractivity contribution in [3.8, 4) is 0 Å². The molecule has 4 N–H and O–H groups in total. The Hall–Kier alpha value is -2.08. The van der Waals surface area contributed by atoms with Crippen molar-refractivity contribution in [3.63, 3.8) is 0 Å². The molecule has 0 amide bonds. The van der Waals surface area contributed by atoms with Crippen molar-refractivity contribution in [3.05, 3.63) is 34.9 Å². The fraction of sp³-hybridized carbons (Fsp3) is 0.438. The summed E-state index contributed by atoms with van der Waals surface area (Å²) in [6.07, 6.45) is 2.20. The minimum Gasteiger partial charge on any atom is -0.470 e. The van der Waals surface area contributed by atoms with Crippen LogP contribution in [0.15, 0.2) is 29.3 Å². The molecule has 0 aromatic heterocycles. The fourth-order valence-electron chi connectivity index (χ4n) is 3.23. The zero-order chi connectivity index (χ0) is 16.4. The lowest BCUT2D eigenvalue weighted by Crippen LogP contribution is -2.51. The summed E-state index contributed by atoms with van der Waals surface area (Å²) in [5.74, 6) is 0.404. The highest BCUT2D eigenvalue weighted by Gasteiger charge is 2.51. The first-order valence-electron chi connectivity index (χ1n) is 7.65. The Kier molecular flexibility index (Phi) is 4.26. The predicted molar refractivity (Wildman–Crippen MR) is 88.8 cm³/mol. The van der Waals surface area contributed by atoms with Gasteiger partial charge in [-0.25, -0.2) is 4.99 Å². The SMILES string of the molecule is N=C(N)NCCC1=N[C@]2(c3ccccc3Cl)CCC[C@H](O1)C2=O. The minimum absolute atomic E-state index is 0.0138. The maximum absolute atomic E-state index is 12.8. The monoisotopic (exact) mass is 334 g/mol. The van der Waals surface area contributed by atoms with Gasteiger partial charge in [0, 0.05) is 23.6 Å². The maximum atomic E-state index is 12.8. The van der Waals surface area contributed by atoms with Crippen molar-refractivity contribution < 1.29 is 9.53 Å². The highest BCUT2D eigenvalue weighted by atomic mass is 35.5. The molecule has 1 heterocycles. The highest BCUT2D eigenvalue weighted by molar-refractivity contribution is 6.32. The lowest BCUT2D eigenvalue weighted by molar-refractivity contribution is -0.137. The maximum Gasteiger partial charge on any atom is 0.205 e.